The number of sulfonamides is 1. The van der Waals surface area contributed by atoms with Crippen LogP contribution in [0.4, 0.5) is 11.4 Å². The summed E-state index contributed by atoms with van der Waals surface area (Å²) >= 11 is 0. The van der Waals surface area contributed by atoms with Gasteiger partial charge in [-0.3, -0.25) is 15.0 Å². The third-order valence-corrected chi connectivity index (χ3v) is 5.51. The van der Waals surface area contributed by atoms with Crippen molar-refractivity contribution >= 4 is 21.4 Å². The second-order valence-corrected chi connectivity index (χ2v) is 7.68. The number of hydrogen-bond acceptors (Lipinski definition) is 6. The average Bonchev–Trinajstić information content (AvgIpc) is 2.53. The number of primary sulfonamides is 1. The van der Waals surface area contributed by atoms with E-state index in [0.717, 1.165) is 38.7 Å². The highest BCUT2D eigenvalue weighted by molar-refractivity contribution is 7.89. The van der Waals surface area contributed by atoms with Gasteiger partial charge in [0, 0.05) is 43.5 Å². The first kappa shape index (κ1) is 16.2. The summed E-state index contributed by atoms with van der Waals surface area (Å²) in [6, 6.07) is 4.29. The van der Waals surface area contributed by atoms with E-state index in [-0.39, 0.29) is 10.6 Å². The number of nitro benzene ring substituents is 1. The Kier molecular flexibility index (Phi) is 4.26. The highest BCUT2D eigenvalue weighted by atomic mass is 32.2. The Balaban J connectivity index is 1.92. The lowest BCUT2D eigenvalue weighted by Gasteiger charge is -2.44. The van der Waals surface area contributed by atoms with Crippen LogP contribution in [0.2, 0.25) is 0 Å². The maximum atomic E-state index is 11.6. The molecule has 0 spiro atoms. The van der Waals surface area contributed by atoms with Crippen LogP contribution in [0.3, 0.4) is 0 Å². The van der Waals surface area contributed by atoms with E-state index in [1.807, 2.05) is 4.90 Å². The van der Waals surface area contributed by atoms with E-state index in [0.29, 0.717) is 11.7 Å². The third-order valence-electron chi connectivity index (χ3n) is 4.62. The molecule has 0 aromatic heterocycles. The minimum atomic E-state index is -3.98. The molecule has 9 heteroatoms. The number of non-ortho nitro benzene ring substituents is 1. The minimum Gasteiger partial charge on any atom is -0.368 e. The summed E-state index contributed by atoms with van der Waals surface area (Å²) in [5.41, 5.74) is 0.297. The smallest absolute Gasteiger partial charge is 0.272 e. The zero-order valence-electron chi connectivity index (χ0n) is 12.7. The molecule has 1 aromatic rings. The van der Waals surface area contributed by atoms with Crippen molar-refractivity contribution in [2.75, 3.05) is 31.1 Å². The maximum Gasteiger partial charge on any atom is 0.272 e. The minimum absolute atomic E-state index is 0.215. The molecule has 2 N–H and O–H groups in total. The van der Waals surface area contributed by atoms with E-state index < -0.39 is 14.9 Å². The summed E-state index contributed by atoms with van der Waals surface area (Å²) in [6.45, 7) is 3.46. The Labute approximate surface area is 135 Å². The fourth-order valence-electron chi connectivity index (χ4n) is 3.41. The predicted molar refractivity (Wildman–Crippen MR) is 85.9 cm³/mol. The molecule has 126 valence electrons. The monoisotopic (exact) mass is 340 g/mol. The van der Waals surface area contributed by atoms with E-state index in [4.69, 9.17) is 5.14 Å². The molecule has 8 nitrogen and oxygen atoms in total. The lowest BCUT2D eigenvalue weighted by atomic mass is 9.99. The summed E-state index contributed by atoms with van der Waals surface area (Å²) in [5, 5.41) is 16.2. The Bertz CT molecular complexity index is 721. The molecule has 2 aliphatic rings. The molecule has 0 unspecified atom stereocenters. The van der Waals surface area contributed by atoms with Gasteiger partial charge in [-0.15, -0.1) is 0 Å². The number of nitro groups is 1. The van der Waals surface area contributed by atoms with Crippen molar-refractivity contribution in [3.63, 3.8) is 0 Å². The Hall–Kier alpha value is -1.71. The number of piperidine rings is 1. The van der Waals surface area contributed by atoms with Gasteiger partial charge in [0.05, 0.1) is 9.82 Å². The van der Waals surface area contributed by atoms with Crippen LogP contribution in [0, 0.1) is 10.1 Å². The standard InChI is InChI=1S/C14H20N4O4S/c15-23(21,22)14-8-12(7-13(9-14)18(19)20)17-6-5-16-4-2-1-3-11(16)10-17/h7-9,11H,1-6,10H2,(H2,15,21,22)/t11-/m0/s1. The second kappa shape index (κ2) is 6.06. The zero-order valence-corrected chi connectivity index (χ0v) is 13.5. The first-order valence-electron chi connectivity index (χ1n) is 7.66. The van der Waals surface area contributed by atoms with Crippen molar-refractivity contribution in [1.82, 2.24) is 4.90 Å². The summed E-state index contributed by atoms with van der Waals surface area (Å²) < 4.78 is 23.2. The van der Waals surface area contributed by atoms with Crippen molar-refractivity contribution in [3.05, 3.63) is 28.3 Å². The van der Waals surface area contributed by atoms with Gasteiger partial charge in [-0.05, 0) is 25.5 Å². The molecular formula is C14H20N4O4S. The molecule has 2 saturated heterocycles. The van der Waals surface area contributed by atoms with Crippen LogP contribution in [-0.4, -0.2) is 50.5 Å². The largest absolute Gasteiger partial charge is 0.368 e. The van der Waals surface area contributed by atoms with E-state index in [9.17, 15) is 18.5 Å². The molecule has 2 aliphatic heterocycles. The second-order valence-electron chi connectivity index (χ2n) is 6.12. The van der Waals surface area contributed by atoms with Crippen molar-refractivity contribution < 1.29 is 13.3 Å². The predicted octanol–water partition coefficient (Wildman–Crippen LogP) is 0.917. The highest BCUT2D eigenvalue weighted by Gasteiger charge is 2.30. The number of benzene rings is 1. The van der Waals surface area contributed by atoms with Gasteiger partial charge in [-0.2, -0.15) is 0 Å². The van der Waals surface area contributed by atoms with Crippen molar-refractivity contribution in [1.29, 1.82) is 0 Å². The number of anilines is 1. The maximum absolute atomic E-state index is 11.6. The number of fused-ring (bicyclic) bond motifs is 1. The number of nitrogens with two attached hydrogens (primary N) is 1. The van der Waals surface area contributed by atoms with Crippen LogP contribution in [0.25, 0.3) is 0 Å². The quantitative estimate of drug-likeness (QED) is 0.647. The Morgan fingerprint density at radius 3 is 2.65 bits per heavy atom. The topological polar surface area (TPSA) is 110 Å². The van der Waals surface area contributed by atoms with E-state index in [1.54, 1.807) is 0 Å². The van der Waals surface area contributed by atoms with Crippen LogP contribution in [0.5, 0.6) is 0 Å². The fraction of sp³-hybridized carbons (Fsp3) is 0.571. The highest BCUT2D eigenvalue weighted by Crippen LogP contribution is 2.29. The molecule has 0 aliphatic carbocycles. The molecule has 1 aromatic carbocycles. The average molecular weight is 340 g/mol. The molecule has 0 amide bonds. The van der Waals surface area contributed by atoms with Crippen LogP contribution >= 0.6 is 0 Å². The van der Waals surface area contributed by atoms with Crippen molar-refractivity contribution in [3.8, 4) is 0 Å². The lowest BCUT2D eigenvalue weighted by Crippen LogP contribution is -2.54. The first-order valence-corrected chi connectivity index (χ1v) is 9.20. The molecular weight excluding hydrogens is 320 g/mol. The van der Waals surface area contributed by atoms with Gasteiger partial charge in [0.15, 0.2) is 0 Å². The number of nitrogens with zero attached hydrogens (tertiary/aromatic N) is 3. The lowest BCUT2D eigenvalue weighted by molar-refractivity contribution is -0.385. The molecule has 0 saturated carbocycles. The fourth-order valence-corrected chi connectivity index (χ4v) is 3.98. The van der Waals surface area contributed by atoms with Gasteiger partial charge in [0.2, 0.25) is 10.0 Å². The molecule has 1 atom stereocenters. The summed E-state index contributed by atoms with van der Waals surface area (Å²) in [5.74, 6) is 0. The Morgan fingerprint density at radius 2 is 1.96 bits per heavy atom. The number of rotatable bonds is 3. The normalized spacial score (nSPS) is 22.7. The van der Waals surface area contributed by atoms with Crippen LogP contribution in [0.15, 0.2) is 23.1 Å². The van der Waals surface area contributed by atoms with Crippen molar-refractivity contribution in [2.24, 2.45) is 5.14 Å². The molecule has 0 bridgehead atoms. The SMILES string of the molecule is NS(=O)(=O)c1cc(N2CCN3CCCC[C@H]3C2)cc([N+](=O)[O-])c1. The van der Waals surface area contributed by atoms with Gasteiger partial charge in [-0.25, -0.2) is 13.6 Å². The molecule has 2 heterocycles. The van der Waals surface area contributed by atoms with Crippen LogP contribution in [0.1, 0.15) is 19.3 Å². The van der Waals surface area contributed by atoms with Gasteiger partial charge in [0.25, 0.3) is 5.69 Å². The summed E-state index contributed by atoms with van der Waals surface area (Å²) in [4.78, 5) is 14.7. The molecule has 0 radical (unpaired) electrons. The van der Waals surface area contributed by atoms with E-state index >= 15 is 0 Å². The number of hydrogen-bond donors (Lipinski definition) is 1. The van der Waals surface area contributed by atoms with Gasteiger partial charge in [-0.1, -0.05) is 6.42 Å². The van der Waals surface area contributed by atoms with Crippen molar-refractivity contribution in [2.45, 2.75) is 30.2 Å². The zero-order chi connectivity index (χ0) is 16.6. The van der Waals surface area contributed by atoms with E-state index in [2.05, 4.69) is 4.90 Å². The molecule has 3 rings (SSSR count). The summed E-state index contributed by atoms with van der Waals surface area (Å²) in [6.07, 6.45) is 3.50. The Morgan fingerprint density at radius 1 is 1.17 bits per heavy atom. The molecule has 2 fully saturated rings. The van der Waals surface area contributed by atoms with Gasteiger partial charge < -0.3 is 4.90 Å². The first-order chi connectivity index (χ1) is 10.8. The summed E-state index contributed by atoms with van der Waals surface area (Å²) in [7, 11) is -3.98. The number of piperazine rings is 1. The molecule has 23 heavy (non-hydrogen) atoms. The van der Waals surface area contributed by atoms with Crippen LogP contribution in [-0.2, 0) is 10.0 Å². The van der Waals surface area contributed by atoms with Gasteiger partial charge >= 0.3 is 0 Å². The van der Waals surface area contributed by atoms with E-state index in [1.165, 1.54) is 25.0 Å². The van der Waals surface area contributed by atoms with Gasteiger partial charge in [0.1, 0.15) is 0 Å². The van der Waals surface area contributed by atoms with Crippen LogP contribution < -0.4 is 10.0 Å². The third kappa shape index (κ3) is 3.46.